The number of nitrogens with zero attached hydrogens (tertiary/aromatic N) is 2. The zero-order valence-electron chi connectivity index (χ0n) is 8.64. The van der Waals surface area contributed by atoms with Crippen molar-refractivity contribution in [2.24, 2.45) is 0 Å². The number of rotatable bonds is 3. The molecule has 0 aliphatic rings. The second-order valence-electron chi connectivity index (χ2n) is 2.91. The maximum absolute atomic E-state index is 11.7. The molecule has 6 nitrogen and oxygen atoms in total. The van der Waals surface area contributed by atoms with E-state index in [1.165, 1.54) is 26.3 Å². The molecule has 0 saturated heterocycles. The molecular formula is C9H9ClN2O4. The first kappa shape index (κ1) is 12.4. The van der Waals surface area contributed by atoms with E-state index in [2.05, 4.69) is 4.84 Å². The van der Waals surface area contributed by atoms with E-state index >= 15 is 0 Å². The van der Waals surface area contributed by atoms with E-state index in [4.69, 9.17) is 11.6 Å². The standard InChI is InChI=1S/C9H9ClN2O4/c1-11(16-2)9(13)7-5-6(12(14)15)3-4-8(7)10/h3-5H,1-2H3. The van der Waals surface area contributed by atoms with E-state index in [0.717, 1.165) is 11.1 Å². The number of halogens is 1. The summed E-state index contributed by atoms with van der Waals surface area (Å²) in [5, 5.41) is 11.6. The van der Waals surface area contributed by atoms with E-state index in [0.29, 0.717) is 0 Å². The summed E-state index contributed by atoms with van der Waals surface area (Å²) < 4.78 is 0. The van der Waals surface area contributed by atoms with Crippen LogP contribution in [-0.4, -0.2) is 30.1 Å². The number of hydrogen-bond donors (Lipinski definition) is 0. The van der Waals surface area contributed by atoms with Crippen LogP contribution in [0.25, 0.3) is 0 Å². The minimum Gasteiger partial charge on any atom is -0.274 e. The summed E-state index contributed by atoms with van der Waals surface area (Å²) >= 11 is 5.77. The lowest BCUT2D eigenvalue weighted by molar-refractivity contribution is -0.384. The van der Waals surface area contributed by atoms with Gasteiger partial charge in [0.15, 0.2) is 0 Å². The summed E-state index contributed by atoms with van der Waals surface area (Å²) in [7, 11) is 2.70. The summed E-state index contributed by atoms with van der Waals surface area (Å²) in [4.78, 5) is 26.3. The van der Waals surface area contributed by atoms with Crippen LogP contribution in [-0.2, 0) is 4.84 Å². The van der Waals surface area contributed by atoms with Gasteiger partial charge in [0.05, 0.1) is 22.6 Å². The molecule has 0 saturated carbocycles. The Morgan fingerprint density at radius 3 is 2.69 bits per heavy atom. The smallest absolute Gasteiger partial charge is 0.274 e. The van der Waals surface area contributed by atoms with E-state index in [9.17, 15) is 14.9 Å². The van der Waals surface area contributed by atoms with Gasteiger partial charge in [-0.3, -0.25) is 19.7 Å². The molecule has 16 heavy (non-hydrogen) atoms. The number of amides is 1. The van der Waals surface area contributed by atoms with Crippen LogP contribution in [0.1, 0.15) is 10.4 Å². The quantitative estimate of drug-likeness (QED) is 0.601. The van der Waals surface area contributed by atoms with Crippen molar-refractivity contribution >= 4 is 23.2 Å². The van der Waals surface area contributed by atoms with Crippen molar-refractivity contribution in [3.05, 3.63) is 38.9 Å². The van der Waals surface area contributed by atoms with Gasteiger partial charge in [-0.15, -0.1) is 0 Å². The molecule has 0 unspecified atom stereocenters. The SMILES string of the molecule is CON(C)C(=O)c1cc([N+](=O)[O-])ccc1Cl. The van der Waals surface area contributed by atoms with Gasteiger partial charge in [-0.05, 0) is 6.07 Å². The maximum Gasteiger partial charge on any atom is 0.278 e. The first-order chi connectivity index (χ1) is 7.47. The predicted molar refractivity (Wildman–Crippen MR) is 57.2 cm³/mol. The highest BCUT2D eigenvalue weighted by Crippen LogP contribution is 2.23. The highest BCUT2D eigenvalue weighted by molar-refractivity contribution is 6.33. The van der Waals surface area contributed by atoms with Crippen molar-refractivity contribution in [1.29, 1.82) is 0 Å². The third kappa shape index (κ3) is 2.47. The van der Waals surface area contributed by atoms with Crippen molar-refractivity contribution in [2.45, 2.75) is 0 Å². The summed E-state index contributed by atoms with van der Waals surface area (Å²) in [5.74, 6) is -0.545. The second kappa shape index (κ2) is 4.91. The molecule has 1 aromatic carbocycles. The third-order valence-corrected chi connectivity index (χ3v) is 2.28. The maximum atomic E-state index is 11.7. The molecule has 0 radical (unpaired) electrons. The van der Waals surface area contributed by atoms with Gasteiger partial charge in [-0.2, -0.15) is 0 Å². The van der Waals surface area contributed by atoms with Crippen LogP contribution >= 0.6 is 11.6 Å². The van der Waals surface area contributed by atoms with E-state index in [-0.39, 0.29) is 16.3 Å². The number of hydrogen-bond acceptors (Lipinski definition) is 4. The van der Waals surface area contributed by atoms with Crippen molar-refractivity contribution in [3.63, 3.8) is 0 Å². The largest absolute Gasteiger partial charge is 0.278 e. The fraction of sp³-hybridized carbons (Fsp3) is 0.222. The third-order valence-electron chi connectivity index (χ3n) is 1.95. The lowest BCUT2D eigenvalue weighted by Crippen LogP contribution is -2.25. The van der Waals surface area contributed by atoms with Gasteiger partial charge in [-0.1, -0.05) is 11.6 Å². The van der Waals surface area contributed by atoms with Crippen LogP contribution in [0.5, 0.6) is 0 Å². The molecular weight excluding hydrogens is 236 g/mol. The lowest BCUT2D eigenvalue weighted by Gasteiger charge is -2.14. The molecule has 0 aliphatic carbocycles. The molecule has 0 spiro atoms. The number of hydroxylamine groups is 2. The van der Waals surface area contributed by atoms with Crippen molar-refractivity contribution < 1.29 is 14.6 Å². The van der Waals surface area contributed by atoms with Crippen molar-refractivity contribution in [1.82, 2.24) is 5.06 Å². The molecule has 0 N–H and O–H groups in total. The molecule has 0 heterocycles. The molecule has 0 atom stereocenters. The van der Waals surface area contributed by atoms with Crippen LogP contribution < -0.4 is 0 Å². The Labute approximate surface area is 96.5 Å². The molecule has 0 aromatic heterocycles. The van der Waals surface area contributed by atoms with Crippen LogP contribution in [0.2, 0.25) is 5.02 Å². The lowest BCUT2D eigenvalue weighted by atomic mass is 10.2. The summed E-state index contributed by atoms with van der Waals surface area (Å²) in [6.07, 6.45) is 0. The minimum absolute atomic E-state index is 0.0280. The van der Waals surface area contributed by atoms with Gasteiger partial charge in [-0.25, -0.2) is 5.06 Å². The summed E-state index contributed by atoms with van der Waals surface area (Å²) in [5.41, 5.74) is -0.169. The number of nitro groups is 1. The molecule has 0 fully saturated rings. The van der Waals surface area contributed by atoms with Crippen molar-refractivity contribution in [2.75, 3.05) is 14.2 Å². The second-order valence-corrected chi connectivity index (χ2v) is 3.31. The average Bonchev–Trinajstić information content (AvgIpc) is 2.27. The first-order valence-corrected chi connectivity index (χ1v) is 4.61. The zero-order valence-corrected chi connectivity index (χ0v) is 9.39. The van der Waals surface area contributed by atoms with Crippen LogP contribution in [0.4, 0.5) is 5.69 Å². The number of benzene rings is 1. The Morgan fingerprint density at radius 1 is 1.56 bits per heavy atom. The number of nitro benzene ring substituents is 1. The van der Waals surface area contributed by atoms with Crippen LogP contribution in [0, 0.1) is 10.1 Å². The first-order valence-electron chi connectivity index (χ1n) is 4.23. The Morgan fingerprint density at radius 2 is 2.19 bits per heavy atom. The normalized spacial score (nSPS) is 9.94. The van der Waals surface area contributed by atoms with Crippen LogP contribution in [0.15, 0.2) is 18.2 Å². The summed E-state index contributed by atoms with van der Waals surface area (Å²) in [6.45, 7) is 0. The summed E-state index contributed by atoms with van der Waals surface area (Å²) in [6, 6.07) is 3.64. The fourth-order valence-corrected chi connectivity index (χ4v) is 1.24. The number of non-ortho nitro benzene ring substituents is 1. The van der Waals surface area contributed by atoms with Gasteiger partial charge in [0.25, 0.3) is 11.6 Å². The van der Waals surface area contributed by atoms with Gasteiger partial charge < -0.3 is 0 Å². The molecule has 1 amide bonds. The minimum atomic E-state index is -0.597. The van der Waals surface area contributed by atoms with Gasteiger partial charge in [0, 0.05) is 19.2 Å². The Kier molecular flexibility index (Phi) is 3.81. The fourth-order valence-electron chi connectivity index (χ4n) is 1.04. The Bertz CT molecular complexity index is 436. The van der Waals surface area contributed by atoms with Gasteiger partial charge in [0.2, 0.25) is 0 Å². The molecule has 1 aromatic rings. The van der Waals surface area contributed by atoms with Gasteiger partial charge >= 0.3 is 0 Å². The number of carbonyl (C=O) groups excluding carboxylic acids is 1. The Balaban J connectivity index is 3.17. The Hall–Kier alpha value is -1.66. The van der Waals surface area contributed by atoms with Crippen molar-refractivity contribution in [3.8, 4) is 0 Å². The molecule has 1 rings (SSSR count). The number of carbonyl (C=O) groups is 1. The van der Waals surface area contributed by atoms with Crippen LogP contribution in [0.3, 0.4) is 0 Å². The predicted octanol–water partition coefficient (Wildman–Crippen LogP) is 1.88. The average molecular weight is 245 g/mol. The molecule has 7 heteroatoms. The van der Waals surface area contributed by atoms with E-state index < -0.39 is 10.8 Å². The monoisotopic (exact) mass is 244 g/mol. The molecule has 0 aliphatic heterocycles. The highest BCUT2D eigenvalue weighted by atomic mass is 35.5. The highest BCUT2D eigenvalue weighted by Gasteiger charge is 2.18. The van der Waals surface area contributed by atoms with Gasteiger partial charge in [0.1, 0.15) is 0 Å². The molecule has 86 valence electrons. The zero-order chi connectivity index (χ0) is 12.3. The topological polar surface area (TPSA) is 72.7 Å². The van der Waals surface area contributed by atoms with E-state index in [1.807, 2.05) is 0 Å². The van der Waals surface area contributed by atoms with E-state index in [1.54, 1.807) is 0 Å². The molecule has 0 bridgehead atoms.